The van der Waals surface area contributed by atoms with E-state index in [1.54, 1.807) is 6.20 Å². The van der Waals surface area contributed by atoms with Gasteiger partial charge >= 0.3 is 0 Å². The van der Waals surface area contributed by atoms with Gasteiger partial charge in [0.2, 0.25) is 5.95 Å². The maximum Gasteiger partial charge on any atom is 0.225 e. The minimum Gasteiger partial charge on any atom is -0.396 e. The van der Waals surface area contributed by atoms with Gasteiger partial charge in [0.05, 0.1) is 5.69 Å². The highest BCUT2D eigenvalue weighted by atomic mass is 16.3. The summed E-state index contributed by atoms with van der Waals surface area (Å²) in [6.07, 6.45) is 3.91. The van der Waals surface area contributed by atoms with E-state index in [0.717, 1.165) is 37.6 Å². The molecule has 0 spiro atoms. The van der Waals surface area contributed by atoms with Gasteiger partial charge < -0.3 is 15.7 Å². The van der Waals surface area contributed by atoms with Crippen LogP contribution in [0.3, 0.4) is 0 Å². The Morgan fingerprint density at radius 1 is 1.56 bits per heavy atom. The molecule has 0 aliphatic carbocycles. The maximum atomic E-state index is 9.17. The molecule has 1 saturated heterocycles. The van der Waals surface area contributed by atoms with Gasteiger partial charge in [0.1, 0.15) is 0 Å². The molecule has 1 aliphatic heterocycles. The second kappa shape index (κ2) is 5.23. The predicted molar refractivity (Wildman–Crippen MR) is 61.9 cm³/mol. The van der Waals surface area contributed by atoms with Gasteiger partial charge in [-0.2, -0.15) is 0 Å². The van der Waals surface area contributed by atoms with Crippen molar-refractivity contribution in [1.82, 2.24) is 9.97 Å². The average molecular weight is 222 g/mol. The zero-order valence-electron chi connectivity index (χ0n) is 9.34. The van der Waals surface area contributed by atoms with Crippen molar-refractivity contribution >= 4 is 5.95 Å². The Bertz CT molecular complexity index is 345. The normalized spacial score (nSPS) is 21.1. The molecule has 0 saturated carbocycles. The summed E-state index contributed by atoms with van der Waals surface area (Å²) in [7, 11) is 0. The van der Waals surface area contributed by atoms with E-state index < -0.39 is 0 Å². The van der Waals surface area contributed by atoms with Crippen LogP contribution >= 0.6 is 0 Å². The van der Waals surface area contributed by atoms with Crippen LogP contribution in [0.5, 0.6) is 0 Å². The van der Waals surface area contributed by atoms with Crippen molar-refractivity contribution in [3.63, 3.8) is 0 Å². The van der Waals surface area contributed by atoms with Crippen LogP contribution in [0.2, 0.25) is 0 Å². The topological polar surface area (TPSA) is 75.3 Å². The van der Waals surface area contributed by atoms with Gasteiger partial charge in [-0.05, 0) is 24.8 Å². The van der Waals surface area contributed by atoms with Crippen LogP contribution in [0.4, 0.5) is 5.95 Å². The first-order chi connectivity index (χ1) is 7.83. The van der Waals surface area contributed by atoms with E-state index >= 15 is 0 Å². The van der Waals surface area contributed by atoms with Crippen molar-refractivity contribution < 1.29 is 5.11 Å². The highest BCUT2D eigenvalue weighted by Crippen LogP contribution is 2.19. The highest BCUT2D eigenvalue weighted by molar-refractivity contribution is 5.31. The molecule has 2 rings (SSSR count). The number of piperidine rings is 1. The van der Waals surface area contributed by atoms with Crippen LogP contribution < -0.4 is 10.6 Å². The van der Waals surface area contributed by atoms with E-state index in [9.17, 15) is 0 Å². The molecule has 5 nitrogen and oxygen atoms in total. The molecule has 0 radical (unpaired) electrons. The second-order valence-electron chi connectivity index (χ2n) is 4.19. The number of hydrogen-bond acceptors (Lipinski definition) is 5. The summed E-state index contributed by atoms with van der Waals surface area (Å²) in [6.45, 7) is 2.48. The summed E-state index contributed by atoms with van der Waals surface area (Å²) in [5.41, 5.74) is 6.41. The molecule has 2 heterocycles. The summed E-state index contributed by atoms with van der Waals surface area (Å²) in [4.78, 5) is 10.8. The molecule has 1 unspecified atom stereocenters. The number of aromatic nitrogens is 2. The Morgan fingerprint density at radius 3 is 3.19 bits per heavy atom. The Morgan fingerprint density at radius 2 is 2.44 bits per heavy atom. The van der Waals surface area contributed by atoms with Gasteiger partial charge in [0.25, 0.3) is 0 Å². The Kier molecular flexibility index (Phi) is 3.69. The third kappa shape index (κ3) is 2.48. The molecule has 1 aliphatic rings. The van der Waals surface area contributed by atoms with Crippen LogP contribution in [0.25, 0.3) is 0 Å². The fourth-order valence-corrected chi connectivity index (χ4v) is 2.05. The number of anilines is 1. The Balaban J connectivity index is 2.10. The van der Waals surface area contributed by atoms with Crippen LogP contribution in [0, 0.1) is 5.92 Å². The van der Waals surface area contributed by atoms with Crippen molar-refractivity contribution in [2.45, 2.75) is 19.4 Å². The molecule has 0 aromatic carbocycles. The zero-order chi connectivity index (χ0) is 11.4. The third-order valence-electron chi connectivity index (χ3n) is 2.97. The van der Waals surface area contributed by atoms with Gasteiger partial charge in [-0.15, -0.1) is 0 Å². The highest BCUT2D eigenvalue weighted by Gasteiger charge is 2.20. The molecular weight excluding hydrogens is 204 g/mol. The lowest BCUT2D eigenvalue weighted by Crippen LogP contribution is -2.38. The quantitative estimate of drug-likeness (QED) is 0.761. The van der Waals surface area contributed by atoms with Gasteiger partial charge in [0.15, 0.2) is 0 Å². The van der Waals surface area contributed by atoms with Crippen LogP contribution in [-0.2, 0) is 6.54 Å². The fraction of sp³-hybridized carbons (Fsp3) is 0.636. The summed E-state index contributed by atoms with van der Waals surface area (Å²) in [5, 5.41) is 9.17. The van der Waals surface area contributed by atoms with Crippen molar-refractivity contribution in [3.8, 4) is 0 Å². The van der Waals surface area contributed by atoms with E-state index in [4.69, 9.17) is 10.8 Å². The predicted octanol–water partition coefficient (Wildman–Crippen LogP) is 0.144. The van der Waals surface area contributed by atoms with Crippen LogP contribution in [0.1, 0.15) is 18.5 Å². The zero-order valence-corrected chi connectivity index (χ0v) is 9.34. The standard InChI is InChI=1S/C11H18N4O/c12-6-10-3-4-13-11(14-10)15-5-1-2-9(7-15)8-16/h3-4,9,16H,1-2,5-8,12H2. The van der Waals surface area contributed by atoms with Gasteiger partial charge in [-0.25, -0.2) is 9.97 Å². The molecule has 5 heteroatoms. The van der Waals surface area contributed by atoms with Crippen molar-refractivity contribution in [2.75, 3.05) is 24.6 Å². The molecule has 1 aromatic heterocycles. The number of nitrogens with zero attached hydrogens (tertiary/aromatic N) is 3. The monoisotopic (exact) mass is 222 g/mol. The van der Waals surface area contributed by atoms with E-state index in [2.05, 4.69) is 14.9 Å². The minimum absolute atomic E-state index is 0.243. The molecule has 0 bridgehead atoms. The minimum atomic E-state index is 0.243. The van der Waals surface area contributed by atoms with E-state index in [1.807, 2.05) is 6.07 Å². The number of aliphatic hydroxyl groups is 1. The van der Waals surface area contributed by atoms with E-state index in [0.29, 0.717) is 12.5 Å². The number of rotatable bonds is 3. The maximum absolute atomic E-state index is 9.17. The first-order valence-electron chi connectivity index (χ1n) is 5.71. The first kappa shape index (κ1) is 11.3. The summed E-state index contributed by atoms with van der Waals surface area (Å²) in [6, 6.07) is 1.83. The van der Waals surface area contributed by atoms with Gasteiger partial charge in [0, 0.05) is 32.4 Å². The summed E-state index contributed by atoms with van der Waals surface area (Å²) >= 11 is 0. The molecule has 88 valence electrons. The third-order valence-corrected chi connectivity index (χ3v) is 2.97. The van der Waals surface area contributed by atoms with Crippen molar-refractivity contribution in [1.29, 1.82) is 0 Å². The van der Waals surface area contributed by atoms with Crippen molar-refractivity contribution in [2.24, 2.45) is 11.7 Å². The lowest BCUT2D eigenvalue weighted by atomic mass is 9.99. The SMILES string of the molecule is NCc1ccnc(N2CCCC(CO)C2)n1. The second-order valence-corrected chi connectivity index (χ2v) is 4.19. The van der Waals surface area contributed by atoms with Crippen LogP contribution in [0.15, 0.2) is 12.3 Å². The number of hydrogen-bond donors (Lipinski definition) is 2. The number of aliphatic hydroxyl groups excluding tert-OH is 1. The molecule has 1 aromatic rings. The summed E-state index contributed by atoms with van der Waals surface area (Å²) < 4.78 is 0. The molecule has 3 N–H and O–H groups in total. The van der Waals surface area contributed by atoms with E-state index in [-0.39, 0.29) is 6.61 Å². The molecule has 0 amide bonds. The fourth-order valence-electron chi connectivity index (χ4n) is 2.05. The molecule has 16 heavy (non-hydrogen) atoms. The molecule has 1 fully saturated rings. The largest absolute Gasteiger partial charge is 0.396 e. The summed E-state index contributed by atoms with van der Waals surface area (Å²) in [5.74, 6) is 1.08. The first-order valence-corrected chi connectivity index (χ1v) is 5.71. The molecular formula is C11H18N4O. The number of nitrogens with two attached hydrogens (primary N) is 1. The molecule has 1 atom stereocenters. The Labute approximate surface area is 95.3 Å². The van der Waals surface area contributed by atoms with Crippen molar-refractivity contribution in [3.05, 3.63) is 18.0 Å². The lowest BCUT2D eigenvalue weighted by molar-refractivity contribution is 0.208. The van der Waals surface area contributed by atoms with Gasteiger partial charge in [-0.1, -0.05) is 0 Å². The Hall–Kier alpha value is -1.20. The van der Waals surface area contributed by atoms with Crippen LogP contribution in [-0.4, -0.2) is 34.8 Å². The average Bonchev–Trinajstić information content (AvgIpc) is 2.39. The van der Waals surface area contributed by atoms with Gasteiger partial charge in [-0.3, -0.25) is 0 Å². The smallest absolute Gasteiger partial charge is 0.225 e. The van der Waals surface area contributed by atoms with E-state index in [1.165, 1.54) is 0 Å². The lowest BCUT2D eigenvalue weighted by Gasteiger charge is -2.31.